The van der Waals surface area contributed by atoms with Gasteiger partial charge in [-0.3, -0.25) is 19.1 Å². The molecule has 0 aliphatic heterocycles. The molecule has 0 saturated heterocycles. The molecule has 1 aromatic carbocycles. The van der Waals surface area contributed by atoms with Crippen molar-refractivity contribution in [2.75, 3.05) is 0 Å². The molecule has 1 aliphatic rings. The van der Waals surface area contributed by atoms with Crippen molar-refractivity contribution in [1.82, 2.24) is 9.55 Å². The lowest BCUT2D eigenvalue weighted by Crippen LogP contribution is -2.20. The molecule has 2 heterocycles. The Kier molecular flexibility index (Phi) is 3.18. The molecule has 3 aromatic rings. The smallest absolute Gasteiger partial charge is 0.218 e. The molecule has 6 nitrogen and oxygen atoms in total. The first-order valence-corrected chi connectivity index (χ1v) is 7.42. The zero-order valence-electron chi connectivity index (χ0n) is 12.7. The van der Waals surface area contributed by atoms with E-state index in [1.807, 2.05) is 0 Å². The standard InChI is InChI=1S/C18H11FN2O4/c19-10-5-3-9(4-6-10)8-21-17(24)12-13(18(21)25)16(23)14-11(15(12)22)2-1-7-20-14/h1-7,24-25H,8H2. The molecule has 1 aliphatic carbocycles. The van der Waals surface area contributed by atoms with Gasteiger partial charge in [-0.1, -0.05) is 12.1 Å². The van der Waals surface area contributed by atoms with E-state index in [1.165, 1.54) is 42.6 Å². The fraction of sp³-hybridized carbons (Fsp3) is 0.0556. The van der Waals surface area contributed by atoms with Gasteiger partial charge in [0, 0.05) is 6.20 Å². The average molecular weight is 338 g/mol. The van der Waals surface area contributed by atoms with Crippen molar-refractivity contribution in [1.29, 1.82) is 0 Å². The van der Waals surface area contributed by atoms with Gasteiger partial charge in [0.05, 0.1) is 17.7 Å². The van der Waals surface area contributed by atoms with Crippen molar-refractivity contribution in [3.05, 3.63) is 76.4 Å². The summed E-state index contributed by atoms with van der Waals surface area (Å²) in [7, 11) is 0. The van der Waals surface area contributed by atoms with Crippen molar-refractivity contribution < 1.29 is 24.2 Å². The number of nitrogens with zero attached hydrogens (tertiary/aromatic N) is 2. The predicted molar refractivity (Wildman–Crippen MR) is 84.4 cm³/mol. The van der Waals surface area contributed by atoms with Crippen LogP contribution in [-0.2, 0) is 6.54 Å². The minimum Gasteiger partial charge on any atom is -0.494 e. The van der Waals surface area contributed by atoms with Gasteiger partial charge in [0.15, 0.2) is 0 Å². The second kappa shape index (κ2) is 5.27. The number of benzene rings is 1. The van der Waals surface area contributed by atoms with E-state index in [0.717, 1.165) is 4.57 Å². The van der Waals surface area contributed by atoms with Gasteiger partial charge in [-0.05, 0) is 29.8 Å². The Hall–Kier alpha value is -3.48. The number of hydrogen-bond acceptors (Lipinski definition) is 5. The summed E-state index contributed by atoms with van der Waals surface area (Å²) in [6.07, 6.45) is 1.38. The molecule has 2 N–H and O–H groups in total. The minimum atomic E-state index is -0.629. The summed E-state index contributed by atoms with van der Waals surface area (Å²) in [5.41, 5.74) is 0.0827. The zero-order chi connectivity index (χ0) is 17.7. The molecule has 0 bridgehead atoms. The Morgan fingerprint density at radius 2 is 1.60 bits per heavy atom. The van der Waals surface area contributed by atoms with Gasteiger partial charge in [-0.15, -0.1) is 0 Å². The third kappa shape index (κ3) is 2.13. The fourth-order valence-electron chi connectivity index (χ4n) is 2.97. The van der Waals surface area contributed by atoms with Crippen LogP contribution < -0.4 is 0 Å². The number of ketones is 2. The lowest BCUT2D eigenvalue weighted by molar-refractivity contribution is 0.0972. The van der Waals surface area contributed by atoms with E-state index in [2.05, 4.69) is 4.98 Å². The van der Waals surface area contributed by atoms with E-state index < -0.39 is 29.1 Å². The Morgan fingerprint density at radius 3 is 2.28 bits per heavy atom. The van der Waals surface area contributed by atoms with Crippen molar-refractivity contribution in [3.63, 3.8) is 0 Å². The van der Waals surface area contributed by atoms with E-state index in [9.17, 15) is 24.2 Å². The number of rotatable bonds is 2. The van der Waals surface area contributed by atoms with Gasteiger partial charge in [-0.2, -0.15) is 0 Å². The second-order valence-electron chi connectivity index (χ2n) is 5.67. The van der Waals surface area contributed by atoms with Gasteiger partial charge in [-0.25, -0.2) is 4.39 Å². The van der Waals surface area contributed by atoms with Gasteiger partial charge < -0.3 is 10.2 Å². The lowest BCUT2D eigenvalue weighted by atomic mass is 9.89. The van der Waals surface area contributed by atoms with Crippen LogP contribution in [0.3, 0.4) is 0 Å². The van der Waals surface area contributed by atoms with Crippen LogP contribution in [0.15, 0.2) is 42.6 Å². The number of fused-ring (bicyclic) bond motifs is 2. The summed E-state index contributed by atoms with van der Waals surface area (Å²) in [5, 5.41) is 20.8. The highest BCUT2D eigenvalue weighted by molar-refractivity contribution is 6.29. The van der Waals surface area contributed by atoms with E-state index in [0.29, 0.717) is 5.56 Å². The summed E-state index contributed by atoms with van der Waals surface area (Å²) in [6, 6.07) is 8.40. The van der Waals surface area contributed by atoms with Crippen LogP contribution in [0.2, 0.25) is 0 Å². The predicted octanol–water partition coefficient (Wildman–Crippen LogP) is 2.26. The first-order chi connectivity index (χ1) is 12.0. The van der Waals surface area contributed by atoms with Gasteiger partial charge in [0.1, 0.15) is 17.1 Å². The van der Waals surface area contributed by atoms with E-state index in [4.69, 9.17) is 0 Å². The lowest BCUT2D eigenvalue weighted by Gasteiger charge is -2.12. The van der Waals surface area contributed by atoms with Crippen LogP contribution in [0, 0.1) is 5.82 Å². The molecule has 0 unspecified atom stereocenters. The summed E-state index contributed by atoms with van der Waals surface area (Å²) in [4.78, 5) is 29.1. The molecule has 7 heteroatoms. The number of pyridine rings is 1. The molecule has 0 amide bonds. The molecule has 0 saturated carbocycles. The largest absolute Gasteiger partial charge is 0.494 e. The molecule has 0 radical (unpaired) electrons. The highest BCUT2D eigenvalue weighted by Crippen LogP contribution is 2.40. The van der Waals surface area contributed by atoms with Gasteiger partial charge in [0.25, 0.3) is 0 Å². The number of hydrogen-bond donors (Lipinski definition) is 2. The Balaban J connectivity index is 1.87. The van der Waals surface area contributed by atoms with Crippen LogP contribution in [0.5, 0.6) is 11.8 Å². The van der Waals surface area contributed by atoms with Crippen molar-refractivity contribution in [3.8, 4) is 11.8 Å². The first kappa shape index (κ1) is 15.1. The SMILES string of the molecule is O=C1c2cccnc2C(=O)c2c1c(O)n(Cc1ccc(F)cc1)c2O. The third-order valence-electron chi connectivity index (χ3n) is 4.18. The summed E-state index contributed by atoms with van der Waals surface area (Å²) in [5.74, 6) is -2.66. The van der Waals surface area contributed by atoms with Crippen LogP contribution in [0.4, 0.5) is 4.39 Å². The van der Waals surface area contributed by atoms with Crippen LogP contribution in [0.25, 0.3) is 0 Å². The molecule has 0 spiro atoms. The Morgan fingerprint density at radius 1 is 0.960 bits per heavy atom. The fourth-order valence-corrected chi connectivity index (χ4v) is 2.97. The first-order valence-electron chi connectivity index (χ1n) is 7.42. The minimum absolute atomic E-state index is 0.0325. The van der Waals surface area contributed by atoms with Gasteiger partial charge >= 0.3 is 0 Å². The second-order valence-corrected chi connectivity index (χ2v) is 5.67. The van der Waals surface area contributed by atoms with Crippen LogP contribution >= 0.6 is 0 Å². The van der Waals surface area contributed by atoms with Gasteiger partial charge in [0.2, 0.25) is 23.3 Å². The number of aromatic nitrogens is 2. The quantitative estimate of drug-likeness (QED) is 0.585. The highest BCUT2D eigenvalue weighted by Gasteiger charge is 2.39. The maximum atomic E-state index is 13.0. The van der Waals surface area contributed by atoms with E-state index >= 15 is 0 Å². The molecule has 25 heavy (non-hydrogen) atoms. The van der Waals surface area contributed by atoms with Crippen LogP contribution in [0.1, 0.15) is 37.5 Å². The number of aromatic hydroxyl groups is 2. The number of halogens is 1. The zero-order valence-corrected chi connectivity index (χ0v) is 12.7. The van der Waals surface area contributed by atoms with E-state index in [1.54, 1.807) is 0 Å². The average Bonchev–Trinajstić information content (AvgIpc) is 2.86. The Labute approximate surface area is 140 Å². The van der Waals surface area contributed by atoms with E-state index in [-0.39, 0.29) is 28.9 Å². The number of carbonyl (C=O) groups excluding carboxylic acids is 2. The van der Waals surface area contributed by atoms with Crippen molar-refractivity contribution in [2.45, 2.75) is 6.54 Å². The molecule has 2 aromatic heterocycles. The molecular formula is C18H11FN2O4. The monoisotopic (exact) mass is 338 g/mol. The van der Waals surface area contributed by atoms with Crippen molar-refractivity contribution >= 4 is 11.6 Å². The summed E-state index contributed by atoms with van der Waals surface area (Å²) in [6.45, 7) is -0.0325. The normalized spacial score (nSPS) is 12.8. The highest BCUT2D eigenvalue weighted by atomic mass is 19.1. The maximum Gasteiger partial charge on any atom is 0.218 e. The van der Waals surface area contributed by atoms with Crippen molar-refractivity contribution in [2.24, 2.45) is 0 Å². The molecule has 4 rings (SSSR count). The maximum absolute atomic E-state index is 13.0. The molecule has 124 valence electrons. The third-order valence-corrected chi connectivity index (χ3v) is 4.18. The van der Waals surface area contributed by atoms with Crippen LogP contribution in [-0.4, -0.2) is 31.3 Å². The topological polar surface area (TPSA) is 92.4 Å². The molecule has 0 fully saturated rings. The Bertz CT molecular complexity index is 979. The summed E-state index contributed by atoms with van der Waals surface area (Å²) < 4.78 is 14.1. The summed E-state index contributed by atoms with van der Waals surface area (Å²) >= 11 is 0. The number of carbonyl (C=O) groups is 2. The molecular weight excluding hydrogens is 327 g/mol. The molecule has 0 atom stereocenters.